The number of ether oxygens (including phenoxy) is 5. The lowest BCUT2D eigenvalue weighted by Crippen LogP contribution is -2.22. The molecule has 1 heterocycles. The molecule has 9 heteroatoms. The molecule has 0 spiro atoms. The number of aryl methyl sites for hydroxylation is 2. The third-order valence-corrected chi connectivity index (χ3v) is 7.05. The molecule has 0 saturated heterocycles. The first-order valence-corrected chi connectivity index (χ1v) is 13.8. The van der Waals surface area contributed by atoms with E-state index in [1.165, 1.54) is 0 Å². The first-order valence-electron chi connectivity index (χ1n) is 13.4. The maximum absolute atomic E-state index is 12.5. The molecule has 1 aliphatic rings. The number of hydrogen-bond donors (Lipinski definition) is 1. The van der Waals surface area contributed by atoms with Crippen molar-refractivity contribution in [2.45, 2.75) is 26.4 Å². The number of halogens is 1. The molecule has 218 valence electrons. The van der Waals surface area contributed by atoms with Crippen LogP contribution in [0.2, 0.25) is 5.02 Å². The van der Waals surface area contributed by atoms with Crippen molar-refractivity contribution in [3.63, 3.8) is 0 Å². The normalized spacial score (nSPS) is 13.8. The summed E-state index contributed by atoms with van der Waals surface area (Å²) in [6.07, 6.45) is 0. The fraction of sp³-hybridized carbons (Fsp3) is 0.176. The lowest BCUT2D eigenvalue weighted by molar-refractivity contribution is -0.136. The lowest BCUT2D eigenvalue weighted by Gasteiger charge is -2.27. The van der Waals surface area contributed by atoms with Gasteiger partial charge in [-0.1, -0.05) is 41.9 Å². The van der Waals surface area contributed by atoms with Gasteiger partial charge in [0, 0.05) is 16.7 Å². The molecule has 0 radical (unpaired) electrons. The molecule has 0 bridgehead atoms. The largest absolute Gasteiger partial charge is 0.493 e. The molecule has 0 saturated carbocycles. The summed E-state index contributed by atoms with van der Waals surface area (Å²) < 4.78 is 28.5. The van der Waals surface area contributed by atoms with E-state index in [2.05, 4.69) is 6.07 Å². The smallest absolute Gasteiger partial charge is 0.349 e. The highest BCUT2D eigenvalue weighted by molar-refractivity contribution is 6.30. The van der Waals surface area contributed by atoms with Crippen molar-refractivity contribution in [2.75, 3.05) is 13.7 Å². The van der Waals surface area contributed by atoms with Crippen LogP contribution in [0.15, 0.2) is 90.3 Å². The Hall–Kier alpha value is -5.13. The van der Waals surface area contributed by atoms with Gasteiger partial charge in [-0.3, -0.25) is 0 Å². The number of rotatable bonds is 9. The Kier molecular flexibility index (Phi) is 8.74. The van der Waals surface area contributed by atoms with E-state index in [9.17, 15) is 10.1 Å². The van der Waals surface area contributed by atoms with Crippen molar-refractivity contribution in [3.05, 3.63) is 123 Å². The van der Waals surface area contributed by atoms with Gasteiger partial charge in [0.05, 0.1) is 13.0 Å². The molecule has 1 atom stereocenters. The quantitative estimate of drug-likeness (QED) is 0.167. The second-order valence-electron chi connectivity index (χ2n) is 10.0. The van der Waals surface area contributed by atoms with Crippen LogP contribution in [0.25, 0.3) is 0 Å². The van der Waals surface area contributed by atoms with Crippen molar-refractivity contribution in [2.24, 2.45) is 5.73 Å². The molecule has 5 rings (SSSR count). The van der Waals surface area contributed by atoms with Crippen LogP contribution in [0.4, 0.5) is 0 Å². The van der Waals surface area contributed by atoms with Gasteiger partial charge in [0.25, 0.3) is 0 Å². The maximum atomic E-state index is 12.5. The highest BCUT2D eigenvalue weighted by Gasteiger charge is 2.32. The number of benzene rings is 4. The fourth-order valence-corrected chi connectivity index (χ4v) is 5.01. The zero-order valence-corrected chi connectivity index (χ0v) is 24.6. The summed E-state index contributed by atoms with van der Waals surface area (Å²) in [7, 11) is 1.55. The standard InChI is InChI=1S/C34H29ClN2O6/c1-20-12-21(2)14-26(13-20)40-19-32(38)42-25-9-10-27-30(16-25)43-34(37)28(17-36)33(27)23-6-11-29(31(15-23)39-3)41-18-22-4-7-24(35)8-5-22/h4-16,33H,18-19,37H2,1-3H3. The number of carbonyl (C=O) groups is 1. The van der Waals surface area contributed by atoms with Crippen molar-refractivity contribution < 1.29 is 28.5 Å². The summed E-state index contributed by atoms with van der Waals surface area (Å²) in [5, 5.41) is 10.6. The number of fused-ring (bicyclic) bond motifs is 1. The number of esters is 1. The van der Waals surface area contributed by atoms with E-state index in [1.54, 1.807) is 49.6 Å². The van der Waals surface area contributed by atoms with E-state index in [-0.39, 0.29) is 23.8 Å². The summed E-state index contributed by atoms with van der Waals surface area (Å²) in [6, 6.07) is 25.7. The third kappa shape index (κ3) is 6.85. The molecule has 1 unspecified atom stereocenters. The number of hydrogen-bond acceptors (Lipinski definition) is 8. The first-order chi connectivity index (χ1) is 20.7. The number of allylic oxidation sites excluding steroid dienone is 1. The zero-order chi connectivity index (χ0) is 30.5. The Bertz CT molecular complexity index is 1720. The van der Waals surface area contributed by atoms with Gasteiger partial charge in [0.15, 0.2) is 18.1 Å². The highest BCUT2D eigenvalue weighted by atomic mass is 35.5. The highest BCUT2D eigenvalue weighted by Crippen LogP contribution is 2.45. The van der Waals surface area contributed by atoms with E-state index in [0.29, 0.717) is 40.2 Å². The van der Waals surface area contributed by atoms with Gasteiger partial charge >= 0.3 is 5.97 Å². The minimum atomic E-state index is -0.577. The van der Waals surface area contributed by atoms with E-state index < -0.39 is 11.9 Å². The average molecular weight is 597 g/mol. The number of carbonyl (C=O) groups excluding carboxylic acids is 1. The molecule has 4 aromatic rings. The lowest BCUT2D eigenvalue weighted by atomic mass is 9.83. The van der Waals surface area contributed by atoms with E-state index in [1.807, 2.05) is 50.2 Å². The molecule has 0 aromatic heterocycles. The molecular formula is C34H29ClN2O6. The molecule has 0 fully saturated rings. The first kappa shape index (κ1) is 29.4. The van der Waals surface area contributed by atoms with Crippen LogP contribution in [0, 0.1) is 25.2 Å². The molecular weight excluding hydrogens is 568 g/mol. The zero-order valence-electron chi connectivity index (χ0n) is 23.8. The molecule has 4 aromatic carbocycles. The Balaban J connectivity index is 1.35. The van der Waals surface area contributed by atoms with E-state index in [4.69, 9.17) is 41.0 Å². The van der Waals surface area contributed by atoms with Gasteiger partial charge in [-0.25, -0.2) is 4.79 Å². The minimum absolute atomic E-state index is 0.0383. The van der Waals surface area contributed by atoms with Crippen molar-refractivity contribution in [3.8, 4) is 34.8 Å². The van der Waals surface area contributed by atoms with Gasteiger partial charge in [0.1, 0.15) is 35.5 Å². The number of nitrogens with zero attached hydrogens (tertiary/aromatic N) is 1. The number of nitrogens with two attached hydrogens (primary N) is 1. The van der Waals surface area contributed by atoms with Gasteiger partial charge in [-0.2, -0.15) is 5.26 Å². The van der Waals surface area contributed by atoms with E-state index >= 15 is 0 Å². The summed E-state index contributed by atoms with van der Waals surface area (Å²) in [4.78, 5) is 12.5. The maximum Gasteiger partial charge on any atom is 0.349 e. The van der Waals surface area contributed by atoms with Crippen LogP contribution in [0.1, 0.15) is 33.7 Å². The predicted molar refractivity (Wildman–Crippen MR) is 162 cm³/mol. The van der Waals surface area contributed by atoms with Gasteiger partial charge in [-0.15, -0.1) is 0 Å². The SMILES string of the molecule is COc1cc(C2C(C#N)=C(N)Oc3cc(OC(=O)COc4cc(C)cc(C)c4)ccc32)ccc1OCc1ccc(Cl)cc1. The summed E-state index contributed by atoms with van der Waals surface area (Å²) in [5.41, 5.74) is 10.9. The Morgan fingerprint density at radius 3 is 2.37 bits per heavy atom. The summed E-state index contributed by atoms with van der Waals surface area (Å²) >= 11 is 5.98. The van der Waals surface area contributed by atoms with Crippen LogP contribution in [-0.2, 0) is 11.4 Å². The molecule has 43 heavy (non-hydrogen) atoms. The van der Waals surface area contributed by atoms with Gasteiger partial charge in [0.2, 0.25) is 5.88 Å². The van der Waals surface area contributed by atoms with E-state index in [0.717, 1.165) is 22.3 Å². The van der Waals surface area contributed by atoms with Crippen molar-refractivity contribution in [1.82, 2.24) is 0 Å². The topological polar surface area (TPSA) is 113 Å². The minimum Gasteiger partial charge on any atom is -0.493 e. The van der Waals surface area contributed by atoms with Gasteiger partial charge < -0.3 is 29.4 Å². The molecule has 0 amide bonds. The average Bonchev–Trinajstić information content (AvgIpc) is 2.98. The third-order valence-electron chi connectivity index (χ3n) is 6.80. The van der Waals surface area contributed by atoms with Crippen LogP contribution in [-0.4, -0.2) is 19.7 Å². The van der Waals surface area contributed by atoms with Gasteiger partial charge in [-0.05, 0) is 78.6 Å². The van der Waals surface area contributed by atoms with Crippen LogP contribution >= 0.6 is 11.6 Å². The Morgan fingerprint density at radius 2 is 1.67 bits per heavy atom. The Labute approximate surface area is 254 Å². The van der Waals surface area contributed by atoms with Crippen LogP contribution in [0.5, 0.6) is 28.7 Å². The summed E-state index contributed by atoms with van der Waals surface area (Å²) in [6.45, 7) is 3.96. The van der Waals surface area contributed by atoms with Crippen LogP contribution in [0.3, 0.4) is 0 Å². The Morgan fingerprint density at radius 1 is 0.930 bits per heavy atom. The molecule has 0 aliphatic carbocycles. The molecule has 2 N–H and O–H groups in total. The summed E-state index contributed by atoms with van der Waals surface area (Å²) in [5.74, 6) is 1.07. The van der Waals surface area contributed by atoms with Crippen molar-refractivity contribution >= 4 is 17.6 Å². The monoisotopic (exact) mass is 596 g/mol. The molecule has 1 aliphatic heterocycles. The number of nitriles is 1. The second kappa shape index (κ2) is 12.8. The predicted octanol–water partition coefficient (Wildman–Crippen LogP) is 6.75. The van der Waals surface area contributed by atoms with Crippen molar-refractivity contribution in [1.29, 1.82) is 5.26 Å². The fourth-order valence-electron chi connectivity index (χ4n) is 4.89. The number of methoxy groups -OCH3 is 1. The molecule has 8 nitrogen and oxygen atoms in total. The second-order valence-corrected chi connectivity index (χ2v) is 10.5. The van der Waals surface area contributed by atoms with Crippen LogP contribution < -0.4 is 29.4 Å².